The van der Waals surface area contributed by atoms with Crippen molar-refractivity contribution < 1.29 is 0 Å². The van der Waals surface area contributed by atoms with Crippen LogP contribution in [0.1, 0.15) is 65.2 Å². The number of aromatic nitrogens is 4. The molecule has 0 amide bonds. The van der Waals surface area contributed by atoms with Crippen LogP contribution in [0.2, 0.25) is 0 Å². The normalized spacial score (nSPS) is 14.7. The zero-order chi connectivity index (χ0) is 13.4. The van der Waals surface area contributed by atoms with Crippen molar-refractivity contribution in [1.29, 1.82) is 0 Å². The highest BCUT2D eigenvalue weighted by atomic mass is 15.5. The lowest BCUT2D eigenvalue weighted by Crippen LogP contribution is -2.23. The van der Waals surface area contributed by atoms with Gasteiger partial charge in [-0.05, 0) is 36.2 Å². The second kappa shape index (κ2) is 8.19. The van der Waals surface area contributed by atoms with Crippen molar-refractivity contribution >= 4 is 0 Å². The van der Waals surface area contributed by atoms with Gasteiger partial charge < -0.3 is 5.32 Å². The first-order valence-electron chi connectivity index (χ1n) is 7.22. The van der Waals surface area contributed by atoms with E-state index in [-0.39, 0.29) is 6.04 Å². The van der Waals surface area contributed by atoms with E-state index in [1.807, 2.05) is 4.68 Å². The van der Waals surface area contributed by atoms with E-state index in [0.29, 0.717) is 5.92 Å². The molecule has 1 aromatic heterocycles. The van der Waals surface area contributed by atoms with Gasteiger partial charge >= 0.3 is 0 Å². The monoisotopic (exact) mass is 253 g/mol. The minimum Gasteiger partial charge on any atom is -0.308 e. The molecule has 1 aromatic rings. The molecule has 1 rings (SSSR count). The van der Waals surface area contributed by atoms with Gasteiger partial charge in [-0.2, -0.15) is 0 Å². The number of tetrazole rings is 1. The van der Waals surface area contributed by atoms with E-state index in [1.165, 1.54) is 25.7 Å². The first-order chi connectivity index (χ1) is 8.72. The van der Waals surface area contributed by atoms with E-state index in [9.17, 15) is 0 Å². The van der Waals surface area contributed by atoms with E-state index < -0.39 is 0 Å². The number of hydrogen-bond donors (Lipinski definition) is 1. The molecule has 0 bridgehead atoms. The van der Waals surface area contributed by atoms with Gasteiger partial charge in [0.2, 0.25) is 0 Å². The molecule has 2 atom stereocenters. The molecule has 0 aromatic carbocycles. The fourth-order valence-electron chi connectivity index (χ4n) is 2.21. The summed E-state index contributed by atoms with van der Waals surface area (Å²) in [5, 5.41) is 15.4. The maximum absolute atomic E-state index is 4.14. The molecule has 0 saturated carbocycles. The van der Waals surface area contributed by atoms with Gasteiger partial charge in [0, 0.05) is 6.54 Å². The minimum atomic E-state index is 0.216. The molecule has 0 aliphatic carbocycles. The highest BCUT2D eigenvalue weighted by Gasteiger charge is 2.16. The molecule has 0 radical (unpaired) electrons. The SMILES string of the molecule is CCCCC(CC)Cn1nnnc1C(C)NCC. The van der Waals surface area contributed by atoms with Gasteiger partial charge in [0.25, 0.3) is 0 Å². The minimum absolute atomic E-state index is 0.216. The van der Waals surface area contributed by atoms with Gasteiger partial charge in [-0.1, -0.05) is 40.0 Å². The predicted octanol–water partition coefficient (Wildman–Crippen LogP) is 2.56. The Morgan fingerprint density at radius 1 is 1.28 bits per heavy atom. The van der Waals surface area contributed by atoms with Crippen LogP contribution in [0.5, 0.6) is 0 Å². The first kappa shape index (κ1) is 15.1. The van der Waals surface area contributed by atoms with E-state index in [0.717, 1.165) is 18.9 Å². The third-order valence-corrected chi connectivity index (χ3v) is 3.43. The van der Waals surface area contributed by atoms with Crippen molar-refractivity contribution in [2.75, 3.05) is 6.54 Å². The highest BCUT2D eigenvalue weighted by Crippen LogP contribution is 2.16. The van der Waals surface area contributed by atoms with Crippen molar-refractivity contribution in [2.24, 2.45) is 5.92 Å². The summed E-state index contributed by atoms with van der Waals surface area (Å²) in [4.78, 5) is 0. The fraction of sp³-hybridized carbons (Fsp3) is 0.923. The Balaban J connectivity index is 2.62. The second-order valence-electron chi connectivity index (χ2n) is 4.92. The average Bonchev–Trinajstić information content (AvgIpc) is 2.82. The largest absolute Gasteiger partial charge is 0.308 e. The number of hydrogen-bond acceptors (Lipinski definition) is 4. The molecule has 0 aliphatic heterocycles. The van der Waals surface area contributed by atoms with Crippen molar-refractivity contribution in [2.45, 2.75) is 66.0 Å². The molecule has 5 heteroatoms. The molecule has 1 heterocycles. The van der Waals surface area contributed by atoms with Crippen molar-refractivity contribution in [3.63, 3.8) is 0 Å². The van der Waals surface area contributed by atoms with Crippen LogP contribution in [0, 0.1) is 5.92 Å². The second-order valence-corrected chi connectivity index (χ2v) is 4.92. The standard InChI is InChI=1S/C13H27N5/c1-5-8-9-12(6-2)10-18-13(15-16-17-18)11(4)14-7-3/h11-12,14H,5-10H2,1-4H3. The average molecular weight is 253 g/mol. The Labute approximate surface area is 110 Å². The molecule has 0 spiro atoms. The molecule has 104 valence electrons. The lowest BCUT2D eigenvalue weighted by molar-refractivity contribution is 0.353. The lowest BCUT2D eigenvalue weighted by atomic mass is 9.99. The summed E-state index contributed by atoms with van der Waals surface area (Å²) in [5.74, 6) is 1.63. The molecule has 2 unspecified atom stereocenters. The third-order valence-electron chi connectivity index (χ3n) is 3.43. The Morgan fingerprint density at radius 2 is 2.06 bits per heavy atom. The zero-order valence-electron chi connectivity index (χ0n) is 12.2. The summed E-state index contributed by atoms with van der Waals surface area (Å²) in [5.41, 5.74) is 0. The Kier molecular flexibility index (Phi) is 6.86. The lowest BCUT2D eigenvalue weighted by Gasteiger charge is -2.17. The zero-order valence-corrected chi connectivity index (χ0v) is 12.2. The van der Waals surface area contributed by atoms with Crippen LogP contribution in [0.4, 0.5) is 0 Å². The number of nitrogens with zero attached hydrogens (tertiary/aromatic N) is 4. The summed E-state index contributed by atoms with van der Waals surface area (Å²) in [6.45, 7) is 10.6. The molecule has 1 N–H and O–H groups in total. The van der Waals surface area contributed by atoms with Gasteiger partial charge in [-0.3, -0.25) is 0 Å². The number of unbranched alkanes of at least 4 members (excludes halogenated alkanes) is 1. The van der Waals surface area contributed by atoms with Crippen LogP contribution in [-0.2, 0) is 6.54 Å². The van der Waals surface area contributed by atoms with E-state index in [1.54, 1.807) is 0 Å². The maximum Gasteiger partial charge on any atom is 0.167 e. The Morgan fingerprint density at radius 3 is 2.67 bits per heavy atom. The van der Waals surface area contributed by atoms with Crippen LogP contribution < -0.4 is 5.32 Å². The molecule has 5 nitrogen and oxygen atoms in total. The quantitative estimate of drug-likeness (QED) is 0.735. The van der Waals surface area contributed by atoms with Gasteiger partial charge in [0.05, 0.1) is 6.04 Å². The Bertz CT molecular complexity index is 323. The van der Waals surface area contributed by atoms with E-state index >= 15 is 0 Å². The summed E-state index contributed by atoms with van der Waals surface area (Å²) in [6.07, 6.45) is 5.00. The molecular formula is C13H27N5. The van der Waals surface area contributed by atoms with Gasteiger partial charge in [0.1, 0.15) is 0 Å². The van der Waals surface area contributed by atoms with Gasteiger partial charge in [0.15, 0.2) is 5.82 Å². The van der Waals surface area contributed by atoms with Crippen LogP contribution in [-0.4, -0.2) is 26.8 Å². The maximum atomic E-state index is 4.14. The highest BCUT2D eigenvalue weighted by molar-refractivity contribution is 4.89. The molecule has 0 saturated heterocycles. The van der Waals surface area contributed by atoms with Gasteiger partial charge in [-0.25, -0.2) is 4.68 Å². The first-order valence-corrected chi connectivity index (χ1v) is 7.22. The van der Waals surface area contributed by atoms with Crippen LogP contribution in [0.25, 0.3) is 0 Å². The topological polar surface area (TPSA) is 55.6 Å². The summed E-state index contributed by atoms with van der Waals surface area (Å²) < 4.78 is 1.97. The third kappa shape index (κ3) is 4.37. The predicted molar refractivity (Wildman–Crippen MR) is 73.2 cm³/mol. The summed E-state index contributed by atoms with van der Waals surface area (Å²) >= 11 is 0. The van der Waals surface area contributed by atoms with Crippen molar-refractivity contribution in [3.8, 4) is 0 Å². The smallest absolute Gasteiger partial charge is 0.167 e. The number of rotatable bonds is 9. The molecular weight excluding hydrogens is 226 g/mol. The summed E-state index contributed by atoms with van der Waals surface area (Å²) in [7, 11) is 0. The van der Waals surface area contributed by atoms with Crippen molar-refractivity contribution in [3.05, 3.63) is 5.82 Å². The van der Waals surface area contributed by atoms with Crippen LogP contribution >= 0.6 is 0 Å². The van der Waals surface area contributed by atoms with Crippen LogP contribution in [0.3, 0.4) is 0 Å². The van der Waals surface area contributed by atoms with Crippen LogP contribution in [0.15, 0.2) is 0 Å². The number of nitrogens with one attached hydrogen (secondary N) is 1. The van der Waals surface area contributed by atoms with Crippen molar-refractivity contribution in [1.82, 2.24) is 25.5 Å². The molecule has 0 fully saturated rings. The Hall–Kier alpha value is -0.970. The fourth-order valence-corrected chi connectivity index (χ4v) is 2.21. The van der Waals surface area contributed by atoms with E-state index in [2.05, 4.69) is 48.5 Å². The molecule has 18 heavy (non-hydrogen) atoms. The van der Waals surface area contributed by atoms with Gasteiger partial charge in [-0.15, -0.1) is 5.10 Å². The molecule has 0 aliphatic rings. The van der Waals surface area contributed by atoms with E-state index in [4.69, 9.17) is 0 Å². The summed E-state index contributed by atoms with van der Waals surface area (Å²) in [6, 6.07) is 0.216.